The summed E-state index contributed by atoms with van der Waals surface area (Å²) in [7, 11) is 1.63. The lowest BCUT2D eigenvalue weighted by atomic mass is 9.48. The molecule has 0 bridgehead atoms. The van der Waals surface area contributed by atoms with E-state index in [2.05, 4.69) is 19.9 Å². The summed E-state index contributed by atoms with van der Waals surface area (Å²) in [6.45, 7) is 4.83. The number of allylic oxidation sites excluding steroid dienone is 2. The van der Waals surface area contributed by atoms with Gasteiger partial charge in [-0.25, -0.2) is 0 Å². The van der Waals surface area contributed by atoms with E-state index in [1.807, 2.05) is 18.2 Å². The van der Waals surface area contributed by atoms with Gasteiger partial charge in [-0.2, -0.15) is 0 Å². The van der Waals surface area contributed by atoms with Crippen LogP contribution in [0.3, 0.4) is 0 Å². The SMILES string of the molecule is COc1cc(C=C2CC3C4CC=C5CC(O)CC[C@]5(C)C4CC[C@]3(C)C2=O)cc2c1OCO2. The van der Waals surface area contributed by atoms with Crippen LogP contribution in [0, 0.1) is 28.6 Å². The highest BCUT2D eigenvalue weighted by Crippen LogP contribution is 2.64. The number of ketones is 1. The lowest BCUT2D eigenvalue weighted by molar-refractivity contribution is -0.130. The van der Waals surface area contributed by atoms with Crippen LogP contribution >= 0.6 is 0 Å². The Morgan fingerprint density at radius 2 is 1.91 bits per heavy atom. The fourth-order valence-corrected chi connectivity index (χ4v) is 7.88. The number of benzene rings is 1. The van der Waals surface area contributed by atoms with Crippen molar-refractivity contribution in [1.29, 1.82) is 0 Å². The lowest BCUT2D eigenvalue weighted by Crippen LogP contribution is -2.50. The predicted molar refractivity (Wildman–Crippen MR) is 125 cm³/mol. The van der Waals surface area contributed by atoms with Crippen molar-refractivity contribution in [2.45, 2.75) is 64.9 Å². The second-order valence-corrected chi connectivity index (χ2v) is 11.3. The van der Waals surface area contributed by atoms with Crippen molar-refractivity contribution in [2.24, 2.45) is 28.6 Å². The number of aliphatic hydroxyl groups is 1. The predicted octanol–water partition coefficient (Wildman–Crippen LogP) is 5.31. The highest BCUT2D eigenvalue weighted by Gasteiger charge is 2.59. The van der Waals surface area contributed by atoms with Gasteiger partial charge in [-0.1, -0.05) is 25.5 Å². The summed E-state index contributed by atoms with van der Waals surface area (Å²) < 4.78 is 16.6. The number of carbonyl (C=O) groups is 1. The van der Waals surface area contributed by atoms with Crippen molar-refractivity contribution in [2.75, 3.05) is 13.9 Å². The minimum absolute atomic E-state index is 0.184. The van der Waals surface area contributed by atoms with Crippen molar-refractivity contribution in [3.63, 3.8) is 0 Å². The standard InChI is InChI=1S/C28H34O5/c1-27-8-6-19(29)14-18(27)4-5-20-21(27)7-9-28(2)22(20)13-17(26(28)30)10-16-11-23(31-3)25-24(12-16)32-15-33-25/h4,10-12,19-22,29H,5-9,13-15H2,1-3H3/t19?,20?,21?,22?,27-,28-/m0/s1. The molecule has 0 aromatic heterocycles. The maximum atomic E-state index is 13.7. The van der Waals surface area contributed by atoms with Gasteiger partial charge in [-0.3, -0.25) is 4.79 Å². The first-order valence-corrected chi connectivity index (χ1v) is 12.4. The van der Waals surface area contributed by atoms with Crippen LogP contribution < -0.4 is 14.2 Å². The summed E-state index contributed by atoms with van der Waals surface area (Å²) in [5.41, 5.74) is 3.24. The third-order valence-electron chi connectivity index (χ3n) is 9.74. The first-order chi connectivity index (χ1) is 15.8. The fourth-order valence-electron chi connectivity index (χ4n) is 7.88. The van der Waals surface area contributed by atoms with E-state index in [4.69, 9.17) is 14.2 Å². The second-order valence-electron chi connectivity index (χ2n) is 11.3. The molecule has 1 heterocycles. The summed E-state index contributed by atoms with van der Waals surface area (Å²) in [5, 5.41) is 10.2. The van der Waals surface area contributed by atoms with E-state index in [1.54, 1.807) is 7.11 Å². The molecule has 1 aromatic rings. The first kappa shape index (κ1) is 21.3. The summed E-state index contributed by atoms with van der Waals surface area (Å²) in [5.74, 6) is 3.80. The Bertz CT molecular complexity index is 1070. The molecule has 0 radical (unpaired) electrons. The number of fused-ring (bicyclic) bond motifs is 6. The first-order valence-electron chi connectivity index (χ1n) is 12.4. The van der Waals surface area contributed by atoms with Gasteiger partial charge in [0.25, 0.3) is 0 Å². The molecular formula is C28H34O5. The van der Waals surface area contributed by atoms with Crippen LogP contribution in [0.4, 0.5) is 0 Å². The van der Waals surface area contributed by atoms with E-state index >= 15 is 0 Å². The zero-order chi connectivity index (χ0) is 23.0. The van der Waals surface area contributed by atoms with E-state index < -0.39 is 0 Å². The molecule has 0 spiro atoms. The van der Waals surface area contributed by atoms with Gasteiger partial charge in [0.05, 0.1) is 13.2 Å². The molecule has 6 atom stereocenters. The molecule has 0 saturated heterocycles. The quantitative estimate of drug-likeness (QED) is 0.489. The zero-order valence-corrected chi connectivity index (χ0v) is 19.9. The van der Waals surface area contributed by atoms with E-state index in [1.165, 1.54) is 5.57 Å². The normalized spacial score (nSPS) is 40.2. The molecule has 0 amide bonds. The minimum Gasteiger partial charge on any atom is -0.493 e. The minimum atomic E-state index is -0.274. The molecule has 3 fully saturated rings. The molecule has 3 saturated carbocycles. The number of ether oxygens (including phenoxy) is 3. The van der Waals surface area contributed by atoms with E-state index in [-0.39, 0.29) is 23.7 Å². The Balaban J connectivity index is 1.33. The highest BCUT2D eigenvalue weighted by atomic mass is 16.7. The molecular weight excluding hydrogens is 416 g/mol. The van der Waals surface area contributed by atoms with Crippen LogP contribution in [0.1, 0.15) is 64.4 Å². The summed E-state index contributed by atoms with van der Waals surface area (Å²) in [6, 6.07) is 3.88. The maximum Gasteiger partial charge on any atom is 0.231 e. The van der Waals surface area contributed by atoms with Gasteiger partial charge in [0, 0.05) is 5.41 Å². The topological polar surface area (TPSA) is 65.0 Å². The van der Waals surface area contributed by atoms with Gasteiger partial charge < -0.3 is 19.3 Å². The van der Waals surface area contributed by atoms with Gasteiger partial charge in [0.2, 0.25) is 12.5 Å². The Morgan fingerprint density at radius 3 is 2.73 bits per heavy atom. The maximum absolute atomic E-state index is 13.7. The van der Waals surface area contributed by atoms with Gasteiger partial charge >= 0.3 is 0 Å². The molecule has 1 N–H and O–H groups in total. The molecule has 5 nitrogen and oxygen atoms in total. The van der Waals surface area contributed by atoms with Crippen LogP contribution in [0.15, 0.2) is 29.4 Å². The van der Waals surface area contributed by atoms with Crippen molar-refractivity contribution in [3.05, 3.63) is 34.9 Å². The Morgan fingerprint density at radius 1 is 1.09 bits per heavy atom. The number of hydrogen-bond acceptors (Lipinski definition) is 5. The number of aliphatic hydroxyl groups excluding tert-OH is 1. The van der Waals surface area contributed by atoms with Crippen LogP contribution in [0.5, 0.6) is 17.2 Å². The zero-order valence-electron chi connectivity index (χ0n) is 19.9. The average molecular weight is 451 g/mol. The second kappa shape index (κ2) is 7.36. The number of Topliss-reactive ketones (excluding diaryl/α,β-unsaturated/α-hetero) is 1. The van der Waals surface area contributed by atoms with Crippen LogP contribution in [0.25, 0.3) is 6.08 Å². The number of rotatable bonds is 2. The van der Waals surface area contributed by atoms with Gasteiger partial charge in [-0.15, -0.1) is 0 Å². The Kier molecular flexibility index (Phi) is 4.75. The molecule has 5 aliphatic rings. The number of hydrogen-bond donors (Lipinski definition) is 1. The van der Waals surface area contributed by atoms with Crippen LogP contribution in [-0.2, 0) is 4.79 Å². The monoisotopic (exact) mass is 450 g/mol. The number of carbonyl (C=O) groups excluding carboxylic acids is 1. The third-order valence-corrected chi connectivity index (χ3v) is 9.74. The van der Waals surface area contributed by atoms with E-state index in [0.717, 1.165) is 56.1 Å². The molecule has 33 heavy (non-hydrogen) atoms. The molecule has 5 heteroatoms. The molecule has 4 unspecified atom stereocenters. The molecule has 1 aromatic carbocycles. The summed E-state index contributed by atoms with van der Waals surface area (Å²) in [4.78, 5) is 13.7. The van der Waals surface area contributed by atoms with E-state index in [0.29, 0.717) is 40.8 Å². The fraction of sp³-hybridized carbons (Fsp3) is 0.607. The average Bonchev–Trinajstić information content (AvgIpc) is 3.37. The Labute approximate surface area is 195 Å². The molecule has 176 valence electrons. The molecule has 6 rings (SSSR count). The highest BCUT2D eigenvalue weighted by molar-refractivity contribution is 6.06. The van der Waals surface area contributed by atoms with Crippen molar-refractivity contribution < 1.29 is 24.1 Å². The number of methoxy groups -OCH3 is 1. The van der Waals surface area contributed by atoms with Crippen molar-refractivity contribution in [3.8, 4) is 17.2 Å². The summed E-state index contributed by atoms with van der Waals surface area (Å²) >= 11 is 0. The van der Waals surface area contributed by atoms with Gasteiger partial charge in [0.15, 0.2) is 17.3 Å². The van der Waals surface area contributed by atoms with Crippen molar-refractivity contribution in [1.82, 2.24) is 0 Å². The van der Waals surface area contributed by atoms with Gasteiger partial charge in [0.1, 0.15) is 0 Å². The third kappa shape index (κ3) is 3.04. The van der Waals surface area contributed by atoms with Crippen LogP contribution in [-0.4, -0.2) is 30.9 Å². The lowest BCUT2D eigenvalue weighted by Gasteiger charge is -2.56. The molecule has 4 aliphatic carbocycles. The van der Waals surface area contributed by atoms with Crippen molar-refractivity contribution >= 4 is 11.9 Å². The smallest absolute Gasteiger partial charge is 0.231 e. The largest absolute Gasteiger partial charge is 0.493 e. The van der Waals surface area contributed by atoms with E-state index in [9.17, 15) is 9.90 Å². The summed E-state index contributed by atoms with van der Waals surface area (Å²) in [6.07, 6.45) is 11.0. The Hall–Kier alpha value is -2.27. The van der Waals surface area contributed by atoms with Gasteiger partial charge in [-0.05, 0) is 97.5 Å². The van der Waals surface area contributed by atoms with Crippen LogP contribution in [0.2, 0.25) is 0 Å². The molecule has 1 aliphatic heterocycles.